The van der Waals surface area contributed by atoms with Gasteiger partial charge in [-0.2, -0.15) is 0 Å². The third-order valence-corrected chi connectivity index (χ3v) is 1.66. The maximum atomic E-state index is 5.29. The predicted molar refractivity (Wildman–Crippen MR) is 41.2 cm³/mol. The maximum Gasteiger partial charge on any atom is 0.203 e. The molecule has 5 N–H and O–H groups in total. The van der Waals surface area contributed by atoms with Crippen LogP contribution in [-0.4, -0.2) is 12.5 Å². The highest BCUT2D eigenvalue weighted by Gasteiger charge is 2.19. The second-order valence-corrected chi connectivity index (χ2v) is 2.64. The molecule has 0 unspecified atom stereocenters. The van der Waals surface area contributed by atoms with Crippen molar-refractivity contribution in [1.29, 1.82) is 0 Å². The monoisotopic (exact) mass is 142 g/mol. The van der Waals surface area contributed by atoms with E-state index in [9.17, 15) is 0 Å². The minimum Gasteiger partial charge on any atom is -0.369 e. The van der Waals surface area contributed by atoms with E-state index in [-0.39, 0.29) is 0 Å². The van der Waals surface area contributed by atoms with Gasteiger partial charge in [-0.1, -0.05) is 12.8 Å². The lowest BCUT2D eigenvalue weighted by Gasteiger charge is -1.96. The summed E-state index contributed by atoms with van der Waals surface area (Å²) in [7, 11) is 0. The van der Waals surface area contributed by atoms with Crippen molar-refractivity contribution >= 4 is 5.96 Å². The van der Waals surface area contributed by atoms with Gasteiger partial charge in [-0.25, -0.2) is 5.84 Å². The average molecular weight is 142 g/mol. The third-order valence-electron chi connectivity index (χ3n) is 1.66. The van der Waals surface area contributed by atoms with Gasteiger partial charge < -0.3 is 5.73 Å². The van der Waals surface area contributed by atoms with Crippen molar-refractivity contribution in [3.63, 3.8) is 0 Å². The number of guanidine groups is 1. The van der Waals surface area contributed by atoms with Gasteiger partial charge in [-0.3, -0.25) is 10.4 Å². The summed E-state index contributed by atoms with van der Waals surface area (Å²) in [6.07, 6.45) is 3.89. The molecule has 1 fully saturated rings. The third kappa shape index (κ3) is 2.68. The molecule has 1 aliphatic rings. The number of nitrogens with zero attached hydrogens (tertiary/aromatic N) is 1. The normalized spacial score (nSPS) is 19.1. The number of aliphatic imine (C=N–C) groups is 1. The predicted octanol–water partition coefficient (Wildman–Crippen LogP) is -0.436. The van der Waals surface area contributed by atoms with Crippen LogP contribution in [0.3, 0.4) is 0 Å². The lowest BCUT2D eigenvalue weighted by molar-refractivity contribution is 0.735. The van der Waals surface area contributed by atoms with E-state index in [0.717, 1.165) is 18.9 Å². The topological polar surface area (TPSA) is 76.4 Å². The van der Waals surface area contributed by atoms with Gasteiger partial charge in [0.2, 0.25) is 5.96 Å². The highest BCUT2D eigenvalue weighted by atomic mass is 15.3. The Labute approximate surface area is 60.7 Å². The molecule has 0 aromatic heterocycles. The fourth-order valence-corrected chi connectivity index (χ4v) is 0.820. The van der Waals surface area contributed by atoms with Gasteiger partial charge in [0.15, 0.2) is 0 Å². The molecule has 0 aromatic rings. The van der Waals surface area contributed by atoms with Crippen LogP contribution in [0.5, 0.6) is 0 Å². The molecule has 58 valence electrons. The first-order chi connectivity index (χ1) is 4.83. The highest BCUT2D eigenvalue weighted by molar-refractivity contribution is 5.77. The Morgan fingerprint density at radius 1 is 1.60 bits per heavy atom. The van der Waals surface area contributed by atoms with Crippen LogP contribution in [0.15, 0.2) is 4.99 Å². The van der Waals surface area contributed by atoms with Crippen LogP contribution in [0, 0.1) is 5.92 Å². The summed E-state index contributed by atoms with van der Waals surface area (Å²) in [5.41, 5.74) is 7.58. The second-order valence-electron chi connectivity index (χ2n) is 2.64. The van der Waals surface area contributed by atoms with E-state index in [1.54, 1.807) is 0 Å². The van der Waals surface area contributed by atoms with Crippen molar-refractivity contribution < 1.29 is 0 Å². The molecule has 0 amide bonds. The lowest BCUT2D eigenvalue weighted by atomic mass is 10.3. The first-order valence-corrected chi connectivity index (χ1v) is 3.59. The zero-order valence-corrected chi connectivity index (χ0v) is 6.01. The molecule has 0 bridgehead atoms. The highest BCUT2D eigenvalue weighted by Crippen LogP contribution is 2.31. The van der Waals surface area contributed by atoms with Crippen LogP contribution in [0.25, 0.3) is 0 Å². The molecule has 0 atom stereocenters. The minimum atomic E-state index is 0.334. The molecule has 0 aromatic carbocycles. The Bertz CT molecular complexity index is 128. The van der Waals surface area contributed by atoms with Gasteiger partial charge in [-0.15, -0.1) is 0 Å². The quantitative estimate of drug-likeness (QED) is 0.216. The van der Waals surface area contributed by atoms with Crippen molar-refractivity contribution in [2.24, 2.45) is 22.5 Å². The van der Waals surface area contributed by atoms with Crippen molar-refractivity contribution in [1.82, 2.24) is 5.43 Å². The summed E-state index contributed by atoms with van der Waals surface area (Å²) in [5, 5.41) is 0. The van der Waals surface area contributed by atoms with E-state index >= 15 is 0 Å². The molecule has 0 radical (unpaired) electrons. The molecule has 4 nitrogen and oxygen atoms in total. The van der Waals surface area contributed by atoms with Crippen LogP contribution in [0.1, 0.15) is 19.3 Å². The second kappa shape index (κ2) is 3.41. The number of hydrazine groups is 1. The molecule has 1 rings (SSSR count). The largest absolute Gasteiger partial charge is 0.369 e. The summed E-state index contributed by atoms with van der Waals surface area (Å²) < 4.78 is 0. The molecular weight excluding hydrogens is 128 g/mol. The van der Waals surface area contributed by atoms with Crippen LogP contribution >= 0.6 is 0 Å². The maximum absolute atomic E-state index is 5.29. The first kappa shape index (κ1) is 7.34. The molecule has 1 saturated carbocycles. The summed E-state index contributed by atoms with van der Waals surface area (Å²) in [4.78, 5) is 3.98. The Morgan fingerprint density at radius 3 is 2.80 bits per heavy atom. The van der Waals surface area contributed by atoms with E-state index in [4.69, 9.17) is 11.6 Å². The van der Waals surface area contributed by atoms with E-state index in [1.807, 2.05) is 0 Å². The molecule has 0 spiro atoms. The molecule has 0 saturated heterocycles. The summed E-state index contributed by atoms with van der Waals surface area (Å²) in [5.74, 6) is 6.24. The van der Waals surface area contributed by atoms with E-state index in [0.29, 0.717) is 5.96 Å². The zero-order valence-electron chi connectivity index (χ0n) is 6.01. The zero-order chi connectivity index (χ0) is 7.40. The summed E-state index contributed by atoms with van der Waals surface area (Å²) in [6, 6.07) is 0. The number of hydrogen-bond acceptors (Lipinski definition) is 2. The Hall–Kier alpha value is -0.770. The molecule has 0 heterocycles. The summed E-state index contributed by atoms with van der Waals surface area (Å²) >= 11 is 0. The van der Waals surface area contributed by atoms with Gasteiger partial charge in [0.25, 0.3) is 0 Å². The smallest absolute Gasteiger partial charge is 0.203 e. The number of hydrogen-bond donors (Lipinski definition) is 3. The van der Waals surface area contributed by atoms with Gasteiger partial charge in [0.05, 0.1) is 0 Å². The van der Waals surface area contributed by atoms with E-state index < -0.39 is 0 Å². The molecule has 10 heavy (non-hydrogen) atoms. The number of nitrogens with one attached hydrogen (secondary N) is 1. The molecule has 4 heteroatoms. The van der Waals surface area contributed by atoms with E-state index in [2.05, 4.69) is 10.4 Å². The van der Waals surface area contributed by atoms with Crippen LogP contribution in [0.2, 0.25) is 0 Å². The van der Waals surface area contributed by atoms with Crippen molar-refractivity contribution in [3.8, 4) is 0 Å². The minimum absolute atomic E-state index is 0.334. The van der Waals surface area contributed by atoms with Crippen molar-refractivity contribution in [2.75, 3.05) is 6.54 Å². The van der Waals surface area contributed by atoms with Crippen LogP contribution in [-0.2, 0) is 0 Å². The fourth-order valence-electron chi connectivity index (χ4n) is 0.820. The number of nitrogens with two attached hydrogens (primary N) is 2. The molecule has 0 aliphatic heterocycles. The average Bonchev–Trinajstić information content (AvgIpc) is 2.71. The fraction of sp³-hybridized carbons (Fsp3) is 0.833. The van der Waals surface area contributed by atoms with Crippen molar-refractivity contribution in [2.45, 2.75) is 19.3 Å². The van der Waals surface area contributed by atoms with E-state index in [1.165, 1.54) is 12.8 Å². The SMILES string of the molecule is NNC(N)=NCCC1CC1. The van der Waals surface area contributed by atoms with Crippen LogP contribution < -0.4 is 17.0 Å². The molecule has 1 aliphatic carbocycles. The van der Waals surface area contributed by atoms with Gasteiger partial charge >= 0.3 is 0 Å². The molecular formula is C6H14N4. The lowest BCUT2D eigenvalue weighted by Crippen LogP contribution is -2.37. The van der Waals surface area contributed by atoms with Crippen LogP contribution in [0.4, 0.5) is 0 Å². The van der Waals surface area contributed by atoms with Gasteiger partial charge in [0, 0.05) is 6.54 Å². The Kier molecular flexibility index (Phi) is 2.50. The first-order valence-electron chi connectivity index (χ1n) is 3.59. The van der Waals surface area contributed by atoms with Gasteiger partial charge in [0.1, 0.15) is 0 Å². The standard InChI is InChI=1S/C6H14N4/c7-6(10-8)9-4-3-5-1-2-5/h5H,1-4,8H2,(H3,7,9,10). The summed E-state index contributed by atoms with van der Waals surface area (Å²) in [6.45, 7) is 0.806. The Morgan fingerprint density at radius 2 is 2.30 bits per heavy atom. The van der Waals surface area contributed by atoms with Crippen molar-refractivity contribution in [3.05, 3.63) is 0 Å². The number of rotatable bonds is 3. The Balaban J connectivity index is 2.01. The van der Waals surface area contributed by atoms with Gasteiger partial charge in [-0.05, 0) is 12.3 Å².